The molecule has 1 fully saturated rings. The highest BCUT2D eigenvalue weighted by molar-refractivity contribution is 7.89. The lowest BCUT2D eigenvalue weighted by atomic mass is 10.00. The zero-order valence-electron chi connectivity index (χ0n) is 11.7. The van der Waals surface area contributed by atoms with Crippen LogP contribution >= 0.6 is 0 Å². The van der Waals surface area contributed by atoms with E-state index in [4.69, 9.17) is 4.74 Å². The van der Waals surface area contributed by atoms with Crippen LogP contribution < -0.4 is 5.32 Å². The zero-order valence-corrected chi connectivity index (χ0v) is 12.5. The smallest absolute Gasteiger partial charge is 0.259 e. The Labute approximate surface area is 119 Å². The molecule has 1 aliphatic rings. The molecular weight excluding hydrogens is 280 g/mol. The molecule has 1 aromatic rings. The fourth-order valence-electron chi connectivity index (χ4n) is 2.42. The number of aromatic nitrogens is 2. The fourth-order valence-corrected chi connectivity index (χ4v) is 3.87. The van der Waals surface area contributed by atoms with Crippen LogP contribution in [0.3, 0.4) is 0 Å². The summed E-state index contributed by atoms with van der Waals surface area (Å²) in [6.07, 6.45) is 3.40. The Morgan fingerprint density at radius 3 is 3.15 bits per heavy atom. The average Bonchev–Trinajstić information content (AvgIpc) is 2.99. The van der Waals surface area contributed by atoms with Crippen LogP contribution in [0.25, 0.3) is 0 Å². The predicted octanol–water partition coefficient (Wildman–Crippen LogP) is 0.0464. The largest absolute Gasteiger partial charge is 0.383 e. The minimum atomic E-state index is -3.42. The summed E-state index contributed by atoms with van der Waals surface area (Å²) in [6, 6.07) is 1.50. The number of nitrogens with zero attached hydrogens (tertiary/aromatic N) is 2. The van der Waals surface area contributed by atoms with E-state index in [-0.39, 0.29) is 5.03 Å². The molecule has 1 aromatic heterocycles. The van der Waals surface area contributed by atoms with Crippen molar-refractivity contribution < 1.29 is 13.2 Å². The number of ether oxygens (including phenoxy) is 1. The first-order chi connectivity index (χ1) is 9.64. The fraction of sp³-hybridized carbons (Fsp3) is 0.750. The number of rotatable bonds is 7. The van der Waals surface area contributed by atoms with Crippen molar-refractivity contribution in [2.75, 3.05) is 39.9 Å². The molecule has 0 spiro atoms. The maximum absolute atomic E-state index is 12.4. The normalized spacial score (nSPS) is 21.1. The van der Waals surface area contributed by atoms with Crippen LogP contribution in [0.4, 0.5) is 0 Å². The van der Waals surface area contributed by atoms with Crippen molar-refractivity contribution in [2.45, 2.75) is 17.9 Å². The SMILES string of the molecule is COCCNCC1CCCN(S(=O)(=O)c2ccn[nH]2)C1. The van der Waals surface area contributed by atoms with Crippen molar-refractivity contribution in [3.63, 3.8) is 0 Å². The van der Waals surface area contributed by atoms with E-state index in [1.165, 1.54) is 12.3 Å². The predicted molar refractivity (Wildman–Crippen MR) is 74.8 cm³/mol. The molecular formula is C12H22N4O3S. The Balaban J connectivity index is 1.90. The van der Waals surface area contributed by atoms with Crippen LogP contribution in [0.5, 0.6) is 0 Å². The summed E-state index contributed by atoms with van der Waals surface area (Å²) in [6.45, 7) is 3.42. The molecule has 114 valence electrons. The van der Waals surface area contributed by atoms with Crippen LogP contribution in [0.2, 0.25) is 0 Å². The van der Waals surface area contributed by atoms with Crippen LogP contribution in [0.15, 0.2) is 17.3 Å². The van der Waals surface area contributed by atoms with Gasteiger partial charge in [0.15, 0.2) is 5.03 Å². The number of sulfonamides is 1. The van der Waals surface area contributed by atoms with Crippen molar-refractivity contribution in [3.05, 3.63) is 12.3 Å². The minimum Gasteiger partial charge on any atom is -0.383 e. The third-order valence-electron chi connectivity index (χ3n) is 3.49. The average molecular weight is 302 g/mol. The summed E-state index contributed by atoms with van der Waals surface area (Å²) in [5.74, 6) is 0.346. The minimum absolute atomic E-state index is 0.172. The van der Waals surface area contributed by atoms with E-state index >= 15 is 0 Å². The summed E-state index contributed by atoms with van der Waals surface area (Å²) < 4.78 is 31.3. The van der Waals surface area contributed by atoms with E-state index < -0.39 is 10.0 Å². The first kappa shape index (κ1) is 15.4. The van der Waals surface area contributed by atoms with Crippen LogP contribution in [-0.4, -0.2) is 62.8 Å². The van der Waals surface area contributed by atoms with Crippen molar-refractivity contribution in [1.29, 1.82) is 0 Å². The first-order valence-corrected chi connectivity index (χ1v) is 8.28. The van der Waals surface area contributed by atoms with Crippen LogP contribution in [-0.2, 0) is 14.8 Å². The van der Waals surface area contributed by atoms with Crippen molar-refractivity contribution in [1.82, 2.24) is 19.8 Å². The Bertz CT molecular complexity index is 489. The second kappa shape index (κ2) is 7.16. The quantitative estimate of drug-likeness (QED) is 0.695. The topological polar surface area (TPSA) is 87.3 Å². The lowest BCUT2D eigenvalue weighted by Gasteiger charge is -2.31. The molecule has 0 amide bonds. The van der Waals surface area contributed by atoms with Crippen molar-refractivity contribution in [3.8, 4) is 0 Å². The maximum atomic E-state index is 12.4. The lowest BCUT2D eigenvalue weighted by molar-refractivity contribution is 0.193. The molecule has 2 N–H and O–H groups in total. The van der Waals surface area contributed by atoms with Crippen LogP contribution in [0, 0.1) is 5.92 Å². The molecule has 1 aliphatic heterocycles. The van der Waals surface area contributed by atoms with E-state index in [9.17, 15) is 8.42 Å². The van der Waals surface area contributed by atoms with Crippen molar-refractivity contribution in [2.24, 2.45) is 5.92 Å². The number of nitrogens with one attached hydrogen (secondary N) is 2. The molecule has 0 aliphatic carbocycles. The highest BCUT2D eigenvalue weighted by Crippen LogP contribution is 2.22. The Morgan fingerprint density at radius 1 is 1.60 bits per heavy atom. The number of piperidine rings is 1. The van der Waals surface area contributed by atoms with Gasteiger partial charge in [0.2, 0.25) is 0 Å². The molecule has 1 atom stereocenters. The molecule has 1 saturated heterocycles. The van der Waals surface area contributed by atoms with Crippen molar-refractivity contribution >= 4 is 10.0 Å². The van der Waals surface area contributed by atoms with Gasteiger partial charge in [-0.25, -0.2) is 8.42 Å². The molecule has 2 heterocycles. The van der Waals surface area contributed by atoms with E-state index in [1.54, 1.807) is 11.4 Å². The van der Waals surface area contributed by atoms with Gasteiger partial charge < -0.3 is 10.1 Å². The van der Waals surface area contributed by atoms with Gasteiger partial charge in [0.25, 0.3) is 10.0 Å². The molecule has 2 rings (SSSR count). The Morgan fingerprint density at radius 2 is 2.45 bits per heavy atom. The van der Waals surface area contributed by atoms with Gasteiger partial charge in [-0.05, 0) is 31.4 Å². The molecule has 8 heteroatoms. The van der Waals surface area contributed by atoms with Gasteiger partial charge in [0.1, 0.15) is 0 Å². The third kappa shape index (κ3) is 3.78. The molecule has 0 saturated carbocycles. The summed E-state index contributed by atoms with van der Waals surface area (Å²) in [4.78, 5) is 0. The second-order valence-corrected chi connectivity index (χ2v) is 6.90. The van der Waals surface area contributed by atoms with Gasteiger partial charge in [-0.2, -0.15) is 9.40 Å². The number of methoxy groups -OCH3 is 1. The molecule has 1 unspecified atom stereocenters. The number of hydrogen-bond acceptors (Lipinski definition) is 5. The van der Waals surface area contributed by atoms with E-state index in [2.05, 4.69) is 15.5 Å². The van der Waals surface area contributed by atoms with Gasteiger partial charge in [-0.3, -0.25) is 5.10 Å². The van der Waals surface area contributed by atoms with Gasteiger partial charge in [-0.1, -0.05) is 0 Å². The molecule has 0 radical (unpaired) electrons. The first-order valence-electron chi connectivity index (χ1n) is 6.84. The molecule has 0 aromatic carbocycles. The number of hydrogen-bond donors (Lipinski definition) is 2. The monoisotopic (exact) mass is 302 g/mol. The summed E-state index contributed by atoms with van der Waals surface area (Å²) in [5, 5.41) is 9.72. The number of H-pyrrole nitrogens is 1. The van der Waals surface area contributed by atoms with Gasteiger partial charge in [-0.15, -0.1) is 0 Å². The Hall–Kier alpha value is -0.960. The van der Waals surface area contributed by atoms with E-state index in [0.717, 1.165) is 25.9 Å². The summed E-state index contributed by atoms with van der Waals surface area (Å²) in [7, 11) is -1.76. The maximum Gasteiger partial charge on any atom is 0.259 e. The molecule has 0 bridgehead atoms. The van der Waals surface area contributed by atoms with Gasteiger partial charge in [0, 0.05) is 26.7 Å². The highest BCUT2D eigenvalue weighted by Gasteiger charge is 2.30. The standard InChI is InChI=1S/C12H22N4O3S/c1-19-8-6-13-9-11-3-2-7-16(10-11)20(17,18)12-4-5-14-15-12/h4-5,11,13H,2-3,6-10H2,1H3,(H,14,15). The van der Waals surface area contributed by atoms with Gasteiger partial charge in [0.05, 0.1) is 12.8 Å². The Kier molecular flexibility index (Phi) is 5.53. The lowest BCUT2D eigenvalue weighted by Crippen LogP contribution is -2.43. The highest BCUT2D eigenvalue weighted by atomic mass is 32.2. The van der Waals surface area contributed by atoms with Gasteiger partial charge >= 0.3 is 0 Å². The van der Waals surface area contributed by atoms with E-state index in [0.29, 0.717) is 25.6 Å². The molecule has 20 heavy (non-hydrogen) atoms. The molecule has 7 nitrogen and oxygen atoms in total. The third-order valence-corrected chi connectivity index (χ3v) is 5.29. The van der Waals surface area contributed by atoms with Crippen LogP contribution in [0.1, 0.15) is 12.8 Å². The summed E-state index contributed by atoms with van der Waals surface area (Å²) >= 11 is 0. The summed E-state index contributed by atoms with van der Waals surface area (Å²) in [5.41, 5.74) is 0. The second-order valence-electron chi connectivity index (χ2n) is 4.99. The zero-order chi connectivity index (χ0) is 14.4. The number of aromatic amines is 1. The van der Waals surface area contributed by atoms with E-state index in [1.807, 2.05) is 0 Å².